The van der Waals surface area contributed by atoms with E-state index in [2.05, 4.69) is 10.4 Å². The number of carbonyl (C=O) groups is 1. The number of aryl methyl sites for hydroxylation is 1. The SMILES string of the molecule is Cc1ccc(-n2nc(N3CCC(C(=O)Nc4cccc(C(F)(F)F)c4)CC3)ccc2=O)cc1Cl. The van der Waals surface area contributed by atoms with Crippen LogP contribution in [0.1, 0.15) is 24.0 Å². The molecule has 1 aliphatic heterocycles. The molecule has 1 saturated heterocycles. The minimum absolute atomic E-state index is 0.118. The molecule has 178 valence electrons. The Kier molecular flexibility index (Phi) is 6.65. The van der Waals surface area contributed by atoms with Gasteiger partial charge < -0.3 is 10.2 Å². The number of nitrogens with zero attached hydrogens (tertiary/aromatic N) is 3. The van der Waals surface area contributed by atoms with Gasteiger partial charge in [0.05, 0.1) is 11.3 Å². The van der Waals surface area contributed by atoms with Crippen LogP contribution in [0.3, 0.4) is 0 Å². The quantitative estimate of drug-likeness (QED) is 0.554. The lowest BCUT2D eigenvalue weighted by Gasteiger charge is -2.32. The van der Waals surface area contributed by atoms with E-state index in [1.807, 2.05) is 17.9 Å². The van der Waals surface area contributed by atoms with Crippen molar-refractivity contribution in [2.45, 2.75) is 25.9 Å². The fourth-order valence-electron chi connectivity index (χ4n) is 3.86. The number of rotatable bonds is 4. The van der Waals surface area contributed by atoms with E-state index in [4.69, 9.17) is 11.6 Å². The normalized spacial score (nSPS) is 14.8. The molecule has 3 aromatic rings. The molecule has 0 bridgehead atoms. The van der Waals surface area contributed by atoms with Gasteiger partial charge in [-0.2, -0.15) is 17.9 Å². The molecule has 0 saturated carbocycles. The zero-order valence-corrected chi connectivity index (χ0v) is 19.0. The van der Waals surface area contributed by atoms with Crippen molar-refractivity contribution >= 4 is 29.0 Å². The Morgan fingerprint density at radius 1 is 1.09 bits per heavy atom. The number of aromatic nitrogens is 2. The monoisotopic (exact) mass is 490 g/mol. The van der Waals surface area contributed by atoms with E-state index in [1.165, 1.54) is 22.9 Å². The third-order valence-electron chi connectivity index (χ3n) is 5.83. The van der Waals surface area contributed by atoms with E-state index in [-0.39, 0.29) is 23.1 Å². The highest BCUT2D eigenvalue weighted by molar-refractivity contribution is 6.31. The summed E-state index contributed by atoms with van der Waals surface area (Å²) in [5.74, 6) is -0.0631. The van der Waals surface area contributed by atoms with Crippen LogP contribution < -0.4 is 15.8 Å². The van der Waals surface area contributed by atoms with Gasteiger partial charge in [0.15, 0.2) is 0 Å². The largest absolute Gasteiger partial charge is 0.416 e. The molecule has 1 N–H and O–H groups in total. The van der Waals surface area contributed by atoms with Crippen molar-refractivity contribution < 1.29 is 18.0 Å². The summed E-state index contributed by atoms with van der Waals surface area (Å²) < 4.78 is 40.0. The molecule has 0 spiro atoms. The summed E-state index contributed by atoms with van der Waals surface area (Å²) in [6, 6.07) is 12.9. The molecule has 1 aromatic heterocycles. The number of anilines is 2. The van der Waals surface area contributed by atoms with Crippen molar-refractivity contribution in [2.75, 3.05) is 23.3 Å². The van der Waals surface area contributed by atoms with E-state index in [0.29, 0.717) is 42.5 Å². The van der Waals surface area contributed by atoms with Crippen molar-refractivity contribution in [3.05, 3.63) is 81.1 Å². The molecule has 1 aliphatic rings. The molecular formula is C24H22ClF3N4O2. The molecule has 2 heterocycles. The average molecular weight is 491 g/mol. The predicted molar refractivity (Wildman–Crippen MR) is 125 cm³/mol. The second kappa shape index (κ2) is 9.50. The molecular weight excluding hydrogens is 469 g/mol. The van der Waals surface area contributed by atoms with E-state index in [1.54, 1.807) is 18.2 Å². The smallest absolute Gasteiger partial charge is 0.355 e. The van der Waals surface area contributed by atoms with Crippen LogP contribution in [0.2, 0.25) is 5.02 Å². The number of piperidine rings is 1. The first-order valence-electron chi connectivity index (χ1n) is 10.7. The molecule has 1 amide bonds. The maximum absolute atomic E-state index is 12.9. The van der Waals surface area contributed by atoms with Gasteiger partial charge in [0, 0.05) is 35.8 Å². The van der Waals surface area contributed by atoms with Crippen LogP contribution in [0.5, 0.6) is 0 Å². The molecule has 1 fully saturated rings. The summed E-state index contributed by atoms with van der Waals surface area (Å²) in [5, 5.41) is 7.60. The van der Waals surface area contributed by atoms with E-state index < -0.39 is 11.7 Å². The van der Waals surface area contributed by atoms with Gasteiger partial charge in [-0.1, -0.05) is 23.7 Å². The Labute approximate surface area is 199 Å². The van der Waals surface area contributed by atoms with Crippen molar-refractivity contribution in [2.24, 2.45) is 5.92 Å². The lowest BCUT2D eigenvalue weighted by atomic mass is 9.95. The van der Waals surface area contributed by atoms with Crippen LogP contribution in [0.4, 0.5) is 24.7 Å². The van der Waals surface area contributed by atoms with Crippen LogP contribution in [0.25, 0.3) is 5.69 Å². The summed E-state index contributed by atoms with van der Waals surface area (Å²) in [6.45, 7) is 2.90. The van der Waals surface area contributed by atoms with Gasteiger partial charge in [-0.3, -0.25) is 9.59 Å². The number of halogens is 4. The first-order chi connectivity index (χ1) is 16.1. The zero-order chi connectivity index (χ0) is 24.5. The van der Waals surface area contributed by atoms with Crippen LogP contribution in [0.15, 0.2) is 59.4 Å². The molecule has 10 heteroatoms. The molecule has 0 unspecified atom stereocenters. The van der Waals surface area contributed by atoms with E-state index in [9.17, 15) is 22.8 Å². The topological polar surface area (TPSA) is 67.2 Å². The first kappa shape index (κ1) is 23.8. The number of alkyl halides is 3. The predicted octanol–water partition coefficient (Wildman–Crippen LogP) is 5.07. The highest BCUT2D eigenvalue weighted by Gasteiger charge is 2.31. The van der Waals surface area contributed by atoms with Gasteiger partial charge in [-0.05, 0) is 61.7 Å². The number of amides is 1. The maximum atomic E-state index is 12.9. The van der Waals surface area contributed by atoms with Crippen LogP contribution in [-0.2, 0) is 11.0 Å². The Bertz CT molecular complexity index is 1270. The summed E-state index contributed by atoms with van der Waals surface area (Å²) in [6.07, 6.45) is -3.47. The summed E-state index contributed by atoms with van der Waals surface area (Å²) in [5.41, 5.74) is 0.459. The molecule has 34 heavy (non-hydrogen) atoms. The van der Waals surface area contributed by atoms with Crippen molar-refractivity contribution in [3.63, 3.8) is 0 Å². The van der Waals surface area contributed by atoms with Crippen molar-refractivity contribution in [1.29, 1.82) is 0 Å². The van der Waals surface area contributed by atoms with Crippen LogP contribution in [-0.4, -0.2) is 28.8 Å². The Hall–Kier alpha value is -3.33. The van der Waals surface area contributed by atoms with Gasteiger partial charge in [0.2, 0.25) is 5.91 Å². The van der Waals surface area contributed by atoms with E-state index in [0.717, 1.165) is 17.7 Å². The third-order valence-corrected chi connectivity index (χ3v) is 6.24. The lowest BCUT2D eigenvalue weighted by Crippen LogP contribution is -2.39. The van der Waals surface area contributed by atoms with Gasteiger partial charge in [0.1, 0.15) is 5.82 Å². The maximum Gasteiger partial charge on any atom is 0.416 e. The number of nitrogens with one attached hydrogen (secondary N) is 1. The van der Waals surface area contributed by atoms with Gasteiger partial charge in [0.25, 0.3) is 5.56 Å². The highest BCUT2D eigenvalue weighted by atomic mass is 35.5. The van der Waals surface area contributed by atoms with Crippen molar-refractivity contribution in [1.82, 2.24) is 9.78 Å². The fourth-order valence-corrected chi connectivity index (χ4v) is 4.03. The zero-order valence-electron chi connectivity index (χ0n) is 18.3. The average Bonchev–Trinajstić information content (AvgIpc) is 2.81. The molecule has 0 atom stereocenters. The first-order valence-corrected chi connectivity index (χ1v) is 11.1. The van der Waals surface area contributed by atoms with E-state index >= 15 is 0 Å². The minimum Gasteiger partial charge on any atom is -0.355 e. The van der Waals surface area contributed by atoms with Gasteiger partial charge in [-0.15, -0.1) is 5.10 Å². The fraction of sp³-hybridized carbons (Fsp3) is 0.292. The Morgan fingerprint density at radius 3 is 2.50 bits per heavy atom. The van der Waals surface area contributed by atoms with Crippen LogP contribution >= 0.6 is 11.6 Å². The third kappa shape index (κ3) is 5.25. The minimum atomic E-state index is -4.47. The molecule has 2 aromatic carbocycles. The highest BCUT2D eigenvalue weighted by Crippen LogP contribution is 2.31. The number of hydrogen-bond acceptors (Lipinski definition) is 4. The summed E-state index contributed by atoms with van der Waals surface area (Å²) in [4.78, 5) is 27.0. The van der Waals surface area contributed by atoms with Crippen molar-refractivity contribution in [3.8, 4) is 5.69 Å². The molecule has 4 rings (SSSR count). The number of hydrogen-bond donors (Lipinski definition) is 1. The summed E-state index contributed by atoms with van der Waals surface area (Å²) >= 11 is 6.19. The summed E-state index contributed by atoms with van der Waals surface area (Å²) in [7, 11) is 0. The Balaban J connectivity index is 1.42. The molecule has 0 aliphatic carbocycles. The van der Waals surface area contributed by atoms with Gasteiger partial charge >= 0.3 is 6.18 Å². The van der Waals surface area contributed by atoms with Gasteiger partial charge in [-0.25, -0.2) is 0 Å². The second-order valence-corrected chi connectivity index (χ2v) is 8.61. The number of carbonyl (C=O) groups excluding carboxylic acids is 1. The molecule has 6 nitrogen and oxygen atoms in total. The Morgan fingerprint density at radius 2 is 1.82 bits per heavy atom. The lowest BCUT2D eigenvalue weighted by molar-refractivity contribution is -0.137. The number of benzene rings is 2. The van der Waals surface area contributed by atoms with Crippen LogP contribution in [0, 0.1) is 12.8 Å². The standard InChI is InChI=1S/C24H22ClF3N4O2/c1-15-5-6-19(14-20(15)25)32-22(33)8-7-21(30-32)31-11-9-16(10-12-31)23(34)29-18-4-2-3-17(13-18)24(26,27)28/h2-8,13-14,16H,9-12H2,1H3,(H,29,34). The molecule has 0 radical (unpaired) electrons. The second-order valence-electron chi connectivity index (χ2n) is 8.20.